The van der Waals surface area contributed by atoms with Crippen molar-refractivity contribution in [1.29, 1.82) is 0 Å². The first-order valence-corrected chi connectivity index (χ1v) is 14.6. The molecule has 8 heteroatoms. The SMILES string of the molecule is C[C@@H](CCN1CCOCC1)[C@]1(CC(=O)OC(C)(C)C)C[C@H](c2cccc(Cl)c2)[C@@H](c2ccc(Cl)cc2)NC1=O. The van der Waals surface area contributed by atoms with Gasteiger partial charge in [0.15, 0.2) is 0 Å². The summed E-state index contributed by atoms with van der Waals surface area (Å²) in [6.45, 7) is 11.7. The molecule has 2 heterocycles. The lowest BCUT2D eigenvalue weighted by molar-refractivity contribution is -0.164. The Morgan fingerprint density at radius 3 is 2.44 bits per heavy atom. The van der Waals surface area contributed by atoms with Crippen LogP contribution in [0.25, 0.3) is 0 Å². The lowest BCUT2D eigenvalue weighted by Gasteiger charge is -2.48. The van der Waals surface area contributed by atoms with Crippen LogP contribution < -0.4 is 5.32 Å². The van der Waals surface area contributed by atoms with E-state index in [9.17, 15) is 9.59 Å². The number of esters is 1. The summed E-state index contributed by atoms with van der Waals surface area (Å²) >= 11 is 12.6. The van der Waals surface area contributed by atoms with Gasteiger partial charge in [-0.15, -0.1) is 0 Å². The molecule has 0 radical (unpaired) electrons. The molecule has 2 fully saturated rings. The van der Waals surface area contributed by atoms with Gasteiger partial charge in [0.05, 0.1) is 31.1 Å². The van der Waals surface area contributed by atoms with E-state index in [0.29, 0.717) is 16.5 Å². The van der Waals surface area contributed by atoms with Crippen molar-refractivity contribution in [2.24, 2.45) is 11.3 Å². The van der Waals surface area contributed by atoms with E-state index in [1.54, 1.807) is 0 Å². The number of rotatable bonds is 8. The van der Waals surface area contributed by atoms with Crippen molar-refractivity contribution in [2.45, 2.75) is 64.5 Å². The standard InChI is InChI=1S/C31H40Cl2N2O4/c1-21(12-13-35-14-16-38-17-15-35)31(20-27(36)39-30(2,3)4)19-26(23-6-5-7-25(33)18-23)28(34-29(31)37)22-8-10-24(32)11-9-22/h5-11,18,21,26,28H,12-17,19-20H2,1-4H3,(H,34,37)/t21-,26+,28+,31+/m0/s1. The highest BCUT2D eigenvalue weighted by Gasteiger charge is 2.52. The van der Waals surface area contributed by atoms with Crippen LogP contribution in [0.3, 0.4) is 0 Å². The number of morpholine rings is 1. The van der Waals surface area contributed by atoms with Gasteiger partial charge < -0.3 is 14.8 Å². The lowest BCUT2D eigenvalue weighted by Crippen LogP contribution is -2.55. The zero-order chi connectivity index (χ0) is 28.2. The summed E-state index contributed by atoms with van der Waals surface area (Å²) in [4.78, 5) is 29.9. The fourth-order valence-electron chi connectivity index (χ4n) is 5.89. The molecular formula is C31H40Cl2N2O4. The van der Waals surface area contributed by atoms with Gasteiger partial charge in [0.25, 0.3) is 0 Å². The van der Waals surface area contributed by atoms with Crippen LogP contribution in [0.4, 0.5) is 0 Å². The molecule has 0 bridgehead atoms. The molecular weight excluding hydrogens is 535 g/mol. The third kappa shape index (κ3) is 7.55. The Bertz CT molecular complexity index is 1140. The van der Waals surface area contributed by atoms with Gasteiger partial charge in [0.1, 0.15) is 5.60 Å². The van der Waals surface area contributed by atoms with Gasteiger partial charge >= 0.3 is 5.97 Å². The summed E-state index contributed by atoms with van der Waals surface area (Å²) < 4.78 is 11.3. The number of carbonyl (C=O) groups is 2. The summed E-state index contributed by atoms with van der Waals surface area (Å²) in [6.07, 6.45) is 1.30. The number of benzene rings is 2. The monoisotopic (exact) mass is 574 g/mol. The van der Waals surface area contributed by atoms with Crippen molar-refractivity contribution in [1.82, 2.24) is 10.2 Å². The minimum absolute atomic E-state index is 0.0186. The Hall–Kier alpha value is -2.12. The summed E-state index contributed by atoms with van der Waals surface area (Å²) in [7, 11) is 0. The van der Waals surface area contributed by atoms with Gasteiger partial charge in [-0.2, -0.15) is 0 Å². The topological polar surface area (TPSA) is 67.9 Å². The maximum atomic E-state index is 14.2. The summed E-state index contributed by atoms with van der Waals surface area (Å²) in [6, 6.07) is 15.1. The predicted molar refractivity (Wildman–Crippen MR) is 155 cm³/mol. The molecule has 0 aliphatic carbocycles. The molecule has 0 spiro atoms. The molecule has 4 rings (SSSR count). The van der Waals surface area contributed by atoms with Crippen LogP contribution in [0, 0.1) is 11.3 Å². The van der Waals surface area contributed by atoms with Gasteiger partial charge in [-0.05, 0) is 81.5 Å². The molecule has 0 unspecified atom stereocenters. The molecule has 1 N–H and O–H groups in total. The fraction of sp³-hybridized carbons (Fsp3) is 0.548. The number of halogens is 2. The van der Waals surface area contributed by atoms with E-state index < -0.39 is 11.0 Å². The molecule has 212 valence electrons. The van der Waals surface area contributed by atoms with Crippen LogP contribution in [-0.4, -0.2) is 55.2 Å². The van der Waals surface area contributed by atoms with Crippen LogP contribution in [-0.2, 0) is 19.1 Å². The van der Waals surface area contributed by atoms with E-state index in [4.69, 9.17) is 32.7 Å². The number of hydrogen-bond donors (Lipinski definition) is 1. The first kappa shape index (κ1) is 29.9. The summed E-state index contributed by atoms with van der Waals surface area (Å²) in [5.41, 5.74) is 0.407. The Balaban J connectivity index is 1.70. The molecule has 0 aromatic heterocycles. The van der Waals surface area contributed by atoms with E-state index in [-0.39, 0.29) is 36.2 Å². The van der Waals surface area contributed by atoms with Crippen molar-refractivity contribution in [3.8, 4) is 0 Å². The van der Waals surface area contributed by atoms with Gasteiger partial charge in [-0.25, -0.2) is 0 Å². The van der Waals surface area contributed by atoms with Gasteiger partial charge in [0, 0.05) is 29.1 Å². The maximum Gasteiger partial charge on any atom is 0.307 e. The molecule has 39 heavy (non-hydrogen) atoms. The van der Waals surface area contributed by atoms with Crippen LogP contribution in [0.2, 0.25) is 10.0 Å². The molecule has 2 aliphatic rings. The zero-order valence-corrected chi connectivity index (χ0v) is 24.9. The predicted octanol–water partition coefficient (Wildman–Crippen LogP) is 6.41. The minimum Gasteiger partial charge on any atom is -0.460 e. The molecule has 4 atom stereocenters. The van der Waals surface area contributed by atoms with Crippen molar-refractivity contribution in [3.63, 3.8) is 0 Å². The highest BCUT2D eigenvalue weighted by atomic mass is 35.5. The second-order valence-corrected chi connectivity index (χ2v) is 12.8. The second kappa shape index (κ2) is 12.6. The number of piperidine rings is 1. The molecule has 1 amide bonds. The zero-order valence-electron chi connectivity index (χ0n) is 23.3. The minimum atomic E-state index is -0.940. The molecule has 6 nitrogen and oxygen atoms in total. The molecule has 2 aromatic carbocycles. The smallest absolute Gasteiger partial charge is 0.307 e. The number of hydrogen-bond acceptors (Lipinski definition) is 5. The van der Waals surface area contributed by atoms with Gasteiger partial charge in [-0.3, -0.25) is 14.5 Å². The van der Waals surface area contributed by atoms with E-state index >= 15 is 0 Å². The van der Waals surface area contributed by atoms with Crippen LogP contribution >= 0.6 is 23.2 Å². The van der Waals surface area contributed by atoms with Crippen LogP contribution in [0.1, 0.15) is 70.0 Å². The Morgan fingerprint density at radius 2 is 1.79 bits per heavy atom. The summed E-state index contributed by atoms with van der Waals surface area (Å²) in [5, 5.41) is 4.60. The van der Waals surface area contributed by atoms with Crippen molar-refractivity contribution in [3.05, 3.63) is 69.7 Å². The quantitative estimate of drug-likeness (QED) is 0.369. The third-order valence-corrected chi connectivity index (χ3v) is 8.52. The van der Waals surface area contributed by atoms with E-state index in [2.05, 4.69) is 17.1 Å². The number of nitrogens with zero attached hydrogens (tertiary/aromatic N) is 1. The Morgan fingerprint density at radius 1 is 1.10 bits per heavy atom. The largest absolute Gasteiger partial charge is 0.460 e. The normalized spacial score (nSPS) is 25.1. The number of nitrogens with one attached hydrogen (secondary N) is 1. The Kier molecular flexibility index (Phi) is 9.64. The number of amides is 1. The maximum absolute atomic E-state index is 14.2. The first-order valence-electron chi connectivity index (χ1n) is 13.8. The third-order valence-electron chi connectivity index (χ3n) is 8.04. The van der Waals surface area contributed by atoms with E-state index in [1.165, 1.54) is 0 Å². The lowest BCUT2D eigenvalue weighted by atomic mass is 9.61. The molecule has 2 saturated heterocycles. The number of ether oxygens (including phenoxy) is 2. The fourth-order valence-corrected chi connectivity index (χ4v) is 6.21. The van der Waals surface area contributed by atoms with Crippen LogP contribution in [0.5, 0.6) is 0 Å². The van der Waals surface area contributed by atoms with E-state index in [0.717, 1.165) is 50.4 Å². The number of carbonyl (C=O) groups excluding carboxylic acids is 2. The molecule has 0 saturated carbocycles. The molecule has 2 aliphatic heterocycles. The van der Waals surface area contributed by atoms with Crippen molar-refractivity contribution >= 4 is 35.1 Å². The van der Waals surface area contributed by atoms with Crippen LogP contribution in [0.15, 0.2) is 48.5 Å². The first-order chi connectivity index (χ1) is 18.5. The van der Waals surface area contributed by atoms with Crippen molar-refractivity contribution in [2.75, 3.05) is 32.8 Å². The van der Waals surface area contributed by atoms with E-state index in [1.807, 2.05) is 69.3 Å². The molecule has 2 aromatic rings. The average Bonchev–Trinajstić information content (AvgIpc) is 2.88. The highest BCUT2D eigenvalue weighted by molar-refractivity contribution is 6.30. The highest BCUT2D eigenvalue weighted by Crippen LogP contribution is 2.51. The van der Waals surface area contributed by atoms with Crippen molar-refractivity contribution < 1.29 is 19.1 Å². The summed E-state index contributed by atoms with van der Waals surface area (Å²) in [5.74, 6) is -0.636. The van der Waals surface area contributed by atoms with Gasteiger partial charge in [-0.1, -0.05) is 54.4 Å². The Labute approximate surface area is 242 Å². The average molecular weight is 576 g/mol. The second-order valence-electron chi connectivity index (χ2n) is 11.9. The van der Waals surface area contributed by atoms with Gasteiger partial charge in [0.2, 0.25) is 5.91 Å².